The molecule has 3 aromatic rings. The molecule has 0 spiro atoms. The van der Waals surface area contributed by atoms with E-state index in [2.05, 4.69) is 4.98 Å². The van der Waals surface area contributed by atoms with Crippen LogP contribution in [-0.2, 0) is 6.54 Å². The van der Waals surface area contributed by atoms with Crippen LogP contribution in [0, 0.1) is 5.82 Å². The molecule has 102 valence electrons. The minimum absolute atomic E-state index is 0.0971. The summed E-state index contributed by atoms with van der Waals surface area (Å²) in [6, 6.07) is 9.26. The van der Waals surface area contributed by atoms with Crippen LogP contribution in [0.4, 0.5) is 4.39 Å². The molecule has 1 N–H and O–H groups in total. The van der Waals surface area contributed by atoms with E-state index in [1.807, 2.05) is 11.5 Å². The third kappa shape index (κ3) is 2.02. The Labute approximate surface area is 120 Å². The number of benzene rings is 2. The molecule has 0 aliphatic heterocycles. The Balaban J connectivity index is 2.32. The lowest BCUT2D eigenvalue weighted by Crippen LogP contribution is -1.97. The lowest BCUT2D eigenvalue weighted by Gasteiger charge is -2.08. The minimum atomic E-state index is -0.333. The highest BCUT2D eigenvalue weighted by Gasteiger charge is 2.15. The van der Waals surface area contributed by atoms with Gasteiger partial charge in [-0.25, -0.2) is 9.37 Å². The quantitative estimate of drug-likeness (QED) is 0.767. The van der Waals surface area contributed by atoms with Gasteiger partial charge in [0.1, 0.15) is 17.4 Å². The van der Waals surface area contributed by atoms with Gasteiger partial charge in [-0.3, -0.25) is 0 Å². The molecule has 2 aromatic carbocycles. The number of halogens is 2. The van der Waals surface area contributed by atoms with Gasteiger partial charge in [-0.2, -0.15) is 0 Å². The molecule has 3 rings (SSSR count). The van der Waals surface area contributed by atoms with E-state index in [9.17, 15) is 9.50 Å². The molecule has 0 amide bonds. The summed E-state index contributed by atoms with van der Waals surface area (Å²) in [5, 5.41) is 10.5. The maximum absolute atomic E-state index is 13.3. The van der Waals surface area contributed by atoms with Crippen molar-refractivity contribution in [3.05, 3.63) is 47.2 Å². The highest BCUT2D eigenvalue weighted by molar-refractivity contribution is 6.30. The Morgan fingerprint density at radius 2 is 2.05 bits per heavy atom. The molecule has 1 heterocycles. The van der Waals surface area contributed by atoms with Gasteiger partial charge in [0.15, 0.2) is 0 Å². The Morgan fingerprint density at radius 1 is 1.25 bits per heavy atom. The zero-order valence-electron chi connectivity index (χ0n) is 10.8. The van der Waals surface area contributed by atoms with E-state index in [1.165, 1.54) is 18.2 Å². The second kappa shape index (κ2) is 4.80. The number of aryl methyl sites for hydroxylation is 1. The van der Waals surface area contributed by atoms with Gasteiger partial charge in [0.05, 0.1) is 16.6 Å². The molecule has 0 atom stereocenters. The van der Waals surface area contributed by atoms with Gasteiger partial charge in [-0.1, -0.05) is 11.6 Å². The van der Waals surface area contributed by atoms with Crippen LogP contribution < -0.4 is 0 Å². The first-order valence-electron chi connectivity index (χ1n) is 6.25. The van der Waals surface area contributed by atoms with E-state index in [0.717, 1.165) is 5.52 Å². The van der Waals surface area contributed by atoms with E-state index < -0.39 is 0 Å². The maximum Gasteiger partial charge on any atom is 0.144 e. The fourth-order valence-corrected chi connectivity index (χ4v) is 2.49. The van der Waals surface area contributed by atoms with Crippen LogP contribution >= 0.6 is 11.6 Å². The van der Waals surface area contributed by atoms with Gasteiger partial charge in [0.2, 0.25) is 0 Å². The highest BCUT2D eigenvalue weighted by Crippen LogP contribution is 2.33. The minimum Gasteiger partial charge on any atom is -0.507 e. The van der Waals surface area contributed by atoms with Crippen LogP contribution in [-0.4, -0.2) is 14.7 Å². The molecule has 0 saturated heterocycles. The molecule has 5 heteroatoms. The number of rotatable bonds is 2. The lowest BCUT2D eigenvalue weighted by molar-refractivity contribution is 0.476. The SMILES string of the molecule is CCn1c(-c2cc(Cl)ccc2O)nc2cc(F)ccc21. The zero-order chi connectivity index (χ0) is 14.3. The Morgan fingerprint density at radius 3 is 2.80 bits per heavy atom. The molecule has 0 fully saturated rings. The third-order valence-corrected chi connectivity index (χ3v) is 3.46. The molecule has 20 heavy (non-hydrogen) atoms. The van der Waals surface area contributed by atoms with Crippen molar-refractivity contribution in [1.82, 2.24) is 9.55 Å². The fourth-order valence-electron chi connectivity index (χ4n) is 2.32. The first-order valence-corrected chi connectivity index (χ1v) is 6.62. The summed E-state index contributed by atoms with van der Waals surface area (Å²) in [4.78, 5) is 4.42. The predicted molar refractivity (Wildman–Crippen MR) is 77.5 cm³/mol. The molecule has 1 aromatic heterocycles. The normalized spacial score (nSPS) is 11.2. The average molecular weight is 291 g/mol. The van der Waals surface area contributed by atoms with Crippen molar-refractivity contribution >= 4 is 22.6 Å². The van der Waals surface area contributed by atoms with Crippen LogP contribution in [0.1, 0.15) is 6.92 Å². The maximum atomic E-state index is 13.3. The predicted octanol–water partition coefficient (Wildman–Crippen LogP) is 4.22. The largest absolute Gasteiger partial charge is 0.507 e. The molecular formula is C15H12ClFN2O. The van der Waals surface area contributed by atoms with Crippen molar-refractivity contribution in [3.8, 4) is 17.1 Å². The number of phenols is 1. The third-order valence-electron chi connectivity index (χ3n) is 3.23. The Kier molecular flexibility index (Phi) is 3.10. The first-order chi connectivity index (χ1) is 9.60. The van der Waals surface area contributed by atoms with Crippen molar-refractivity contribution in [1.29, 1.82) is 0 Å². The number of fused-ring (bicyclic) bond motifs is 1. The Bertz CT molecular complexity index is 798. The second-order valence-electron chi connectivity index (χ2n) is 4.47. The summed E-state index contributed by atoms with van der Waals surface area (Å²) < 4.78 is 15.2. The van der Waals surface area contributed by atoms with Crippen molar-refractivity contribution in [2.24, 2.45) is 0 Å². The van der Waals surface area contributed by atoms with Crippen molar-refractivity contribution in [3.63, 3.8) is 0 Å². The van der Waals surface area contributed by atoms with Crippen molar-refractivity contribution < 1.29 is 9.50 Å². The van der Waals surface area contributed by atoms with E-state index in [-0.39, 0.29) is 11.6 Å². The number of aromatic nitrogens is 2. The summed E-state index contributed by atoms with van der Waals surface area (Å²) in [6.45, 7) is 2.62. The zero-order valence-corrected chi connectivity index (χ0v) is 11.5. The molecule has 0 bridgehead atoms. The molecular weight excluding hydrogens is 279 g/mol. The standard InChI is InChI=1S/C15H12ClFN2O/c1-2-19-13-5-4-10(17)8-12(13)18-15(19)11-7-9(16)3-6-14(11)20/h3-8,20H,2H2,1H3. The first kappa shape index (κ1) is 12.9. The van der Waals surface area contributed by atoms with Gasteiger partial charge in [0, 0.05) is 17.6 Å². The van der Waals surface area contributed by atoms with Crippen LogP contribution in [0.2, 0.25) is 5.02 Å². The van der Waals surface area contributed by atoms with Gasteiger partial charge in [-0.05, 0) is 37.3 Å². The van der Waals surface area contributed by atoms with E-state index >= 15 is 0 Å². The van der Waals surface area contributed by atoms with Crippen LogP contribution in [0.25, 0.3) is 22.4 Å². The second-order valence-corrected chi connectivity index (χ2v) is 4.91. The molecule has 0 unspecified atom stereocenters. The van der Waals surface area contributed by atoms with E-state index in [0.29, 0.717) is 28.5 Å². The Hall–Kier alpha value is -2.07. The number of aromatic hydroxyl groups is 1. The number of phenolic OH excluding ortho intramolecular Hbond substituents is 1. The molecule has 0 aliphatic carbocycles. The van der Waals surface area contributed by atoms with Crippen LogP contribution in [0.5, 0.6) is 5.75 Å². The fraction of sp³-hybridized carbons (Fsp3) is 0.133. The molecule has 3 nitrogen and oxygen atoms in total. The summed E-state index contributed by atoms with van der Waals surface area (Å²) in [6.07, 6.45) is 0. The lowest BCUT2D eigenvalue weighted by atomic mass is 10.2. The van der Waals surface area contributed by atoms with E-state index in [4.69, 9.17) is 11.6 Å². The van der Waals surface area contributed by atoms with Gasteiger partial charge >= 0.3 is 0 Å². The average Bonchev–Trinajstić information content (AvgIpc) is 2.78. The summed E-state index contributed by atoms with van der Waals surface area (Å²) in [5.74, 6) is 0.341. The van der Waals surface area contributed by atoms with Gasteiger partial charge in [0.25, 0.3) is 0 Å². The van der Waals surface area contributed by atoms with Crippen LogP contribution in [0.3, 0.4) is 0 Å². The number of hydrogen-bond donors (Lipinski definition) is 1. The summed E-state index contributed by atoms with van der Waals surface area (Å²) in [7, 11) is 0. The summed E-state index contributed by atoms with van der Waals surface area (Å²) in [5.41, 5.74) is 1.92. The number of hydrogen-bond acceptors (Lipinski definition) is 2. The molecule has 0 saturated carbocycles. The van der Waals surface area contributed by atoms with Gasteiger partial charge < -0.3 is 9.67 Å². The van der Waals surface area contributed by atoms with Crippen molar-refractivity contribution in [2.45, 2.75) is 13.5 Å². The molecule has 0 radical (unpaired) electrons. The van der Waals surface area contributed by atoms with Gasteiger partial charge in [-0.15, -0.1) is 0 Å². The highest BCUT2D eigenvalue weighted by atomic mass is 35.5. The number of nitrogens with zero attached hydrogens (tertiary/aromatic N) is 2. The van der Waals surface area contributed by atoms with Crippen LogP contribution in [0.15, 0.2) is 36.4 Å². The van der Waals surface area contributed by atoms with Crippen molar-refractivity contribution in [2.75, 3.05) is 0 Å². The smallest absolute Gasteiger partial charge is 0.144 e. The number of imidazole rings is 1. The van der Waals surface area contributed by atoms with E-state index in [1.54, 1.807) is 18.2 Å². The topological polar surface area (TPSA) is 38.0 Å². The summed E-state index contributed by atoms with van der Waals surface area (Å²) >= 11 is 5.98. The monoisotopic (exact) mass is 290 g/mol. The molecule has 0 aliphatic rings.